The van der Waals surface area contributed by atoms with Gasteiger partial charge in [-0.15, -0.1) is 0 Å². The smallest absolute Gasteiger partial charge is 0.254 e. The van der Waals surface area contributed by atoms with Gasteiger partial charge in [0.25, 0.3) is 5.91 Å². The summed E-state index contributed by atoms with van der Waals surface area (Å²) in [5.41, 5.74) is 1.66. The summed E-state index contributed by atoms with van der Waals surface area (Å²) in [5.74, 6) is -0.176. The molecule has 0 saturated heterocycles. The molecule has 0 fully saturated rings. The van der Waals surface area contributed by atoms with Gasteiger partial charge in [-0.25, -0.2) is 8.42 Å². The maximum atomic E-state index is 12.6. The average molecular weight is 333 g/mol. The lowest BCUT2D eigenvalue weighted by molar-refractivity contribution is 0.0783. The molecule has 122 valence electrons. The Balaban J connectivity index is 2.31. The van der Waals surface area contributed by atoms with Gasteiger partial charge in [0.2, 0.25) is 0 Å². The summed E-state index contributed by atoms with van der Waals surface area (Å²) in [6, 6.07) is 11.3. The number of sulfone groups is 1. The molecule has 0 unspecified atom stereocenters. The monoisotopic (exact) mass is 333 g/mol. The van der Waals surface area contributed by atoms with Crippen LogP contribution in [0.3, 0.4) is 0 Å². The minimum absolute atomic E-state index is 0.113. The molecule has 0 atom stereocenters. The Bertz CT molecular complexity index is 843. The largest absolute Gasteiger partial charge is 0.508 e. The summed E-state index contributed by atoms with van der Waals surface area (Å²) in [6.45, 7) is 1.99. The van der Waals surface area contributed by atoms with Crippen LogP contribution >= 0.6 is 0 Å². The highest BCUT2D eigenvalue weighted by Gasteiger charge is 2.18. The van der Waals surface area contributed by atoms with Crippen LogP contribution < -0.4 is 0 Å². The van der Waals surface area contributed by atoms with Crippen molar-refractivity contribution in [1.82, 2.24) is 4.90 Å². The van der Waals surface area contributed by atoms with Gasteiger partial charge in [0.15, 0.2) is 9.84 Å². The number of para-hydroxylation sites is 1. The highest BCUT2D eigenvalue weighted by molar-refractivity contribution is 7.90. The molecular weight excluding hydrogens is 314 g/mol. The molecule has 23 heavy (non-hydrogen) atoms. The number of aromatic hydroxyl groups is 1. The van der Waals surface area contributed by atoms with Crippen LogP contribution in [0, 0.1) is 6.92 Å². The lowest BCUT2D eigenvalue weighted by atomic mass is 10.1. The minimum Gasteiger partial charge on any atom is -0.508 e. The molecule has 0 bridgehead atoms. The molecule has 0 spiro atoms. The second kappa shape index (κ2) is 6.42. The Morgan fingerprint density at radius 2 is 1.83 bits per heavy atom. The predicted octanol–water partition coefficient (Wildman–Crippen LogP) is 2.38. The highest BCUT2D eigenvalue weighted by Crippen LogP contribution is 2.20. The number of aryl methyl sites for hydroxylation is 1. The summed E-state index contributed by atoms with van der Waals surface area (Å²) < 4.78 is 23.3. The van der Waals surface area contributed by atoms with Gasteiger partial charge in [-0.05, 0) is 30.7 Å². The van der Waals surface area contributed by atoms with Crippen LogP contribution in [-0.4, -0.2) is 37.6 Å². The maximum Gasteiger partial charge on any atom is 0.254 e. The number of nitrogens with zero attached hydrogens (tertiary/aromatic N) is 1. The molecular formula is C17H19NO4S. The van der Waals surface area contributed by atoms with E-state index < -0.39 is 9.84 Å². The van der Waals surface area contributed by atoms with Crippen molar-refractivity contribution in [2.24, 2.45) is 0 Å². The molecule has 6 heteroatoms. The highest BCUT2D eigenvalue weighted by atomic mass is 32.2. The number of phenolic OH excluding ortho intramolecular Hbond substituents is 1. The van der Waals surface area contributed by atoms with Gasteiger partial charge in [-0.1, -0.05) is 24.3 Å². The van der Waals surface area contributed by atoms with Crippen LogP contribution in [0.1, 0.15) is 21.5 Å². The first kappa shape index (κ1) is 17.0. The number of carbonyl (C=O) groups excluding carboxylic acids is 1. The van der Waals surface area contributed by atoms with Crippen molar-refractivity contribution in [3.8, 4) is 5.75 Å². The normalized spacial score (nSPS) is 11.3. The standard InChI is InChI=1S/C17H19NO4S/c1-12-8-9-14(23(3,21)22)10-15(12)17(20)18(2)11-13-6-4-5-7-16(13)19/h4-10,19H,11H2,1-3H3. The van der Waals surface area contributed by atoms with Gasteiger partial charge >= 0.3 is 0 Å². The Labute approximate surface area is 136 Å². The van der Waals surface area contributed by atoms with Gasteiger partial charge in [0, 0.05) is 31.0 Å². The van der Waals surface area contributed by atoms with Crippen LogP contribution in [0.2, 0.25) is 0 Å². The Morgan fingerprint density at radius 1 is 1.17 bits per heavy atom. The molecule has 0 aliphatic rings. The molecule has 0 saturated carbocycles. The molecule has 0 heterocycles. The molecule has 0 aliphatic heterocycles. The topological polar surface area (TPSA) is 74.7 Å². The molecule has 0 aliphatic carbocycles. The second-order valence-electron chi connectivity index (χ2n) is 5.54. The quantitative estimate of drug-likeness (QED) is 0.932. The Hall–Kier alpha value is -2.34. The van der Waals surface area contributed by atoms with Gasteiger partial charge in [0.1, 0.15) is 5.75 Å². The molecule has 0 aromatic heterocycles. The van der Waals surface area contributed by atoms with Crippen molar-refractivity contribution in [2.45, 2.75) is 18.4 Å². The number of phenols is 1. The first-order valence-electron chi connectivity index (χ1n) is 7.03. The number of amides is 1. The minimum atomic E-state index is -3.38. The van der Waals surface area contributed by atoms with Gasteiger partial charge in [0.05, 0.1) is 4.90 Å². The van der Waals surface area contributed by atoms with E-state index in [0.717, 1.165) is 6.26 Å². The number of benzene rings is 2. The van der Waals surface area contributed by atoms with Crippen LogP contribution in [0.4, 0.5) is 0 Å². The van der Waals surface area contributed by atoms with E-state index in [1.807, 2.05) is 0 Å². The number of hydrogen-bond acceptors (Lipinski definition) is 4. The lowest BCUT2D eigenvalue weighted by Gasteiger charge is -2.19. The average Bonchev–Trinajstić information content (AvgIpc) is 2.48. The number of rotatable bonds is 4. The van der Waals surface area contributed by atoms with Crippen molar-refractivity contribution in [2.75, 3.05) is 13.3 Å². The van der Waals surface area contributed by atoms with E-state index in [4.69, 9.17) is 0 Å². The zero-order chi connectivity index (χ0) is 17.2. The Kier molecular flexibility index (Phi) is 4.75. The van der Waals surface area contributed by atoms with E-state index in [2.05, 4.69) is 0 Å². The third-order valence-electron chi connectivity index (χ3n) is 3.61. The summed E-state index contributed by atoms with van der Waals surface area (Å²) in [6.07, 6.45) is 1.11. The number of carbonyl (C=O) groups is 1. The SMILES string of the molecule is Cc1ccc(S(C)(=O)=O)cc1C(=O)N(C)Cc1ccccc1O. The first-order valence-corrected chi connectivity index (χ1v) is 8.92. The molecule has 1 amide bonds. The lowest BCUT2D eigenvalue weighted by Crippen LogP contribution is -2.27. The van der Waals surface area contributed by atoms with Gasteiger partial charge < -0.3 is 10.0 Å². The third kappa shape index (κ3) is 3.90. The van der Waals surface area contributed by atoms with E-state index >= 15 is 0 Å². The molecule has 2 rings (SSSR count). The maximum absolute atomic E-state index is 12.6. The second-order valence-corrected chi connectivity index (χ2v) is 7.55. The zero-order valence-electron chi connectivity index (χ0n) is 13.3. The molecule has 2 aromatic carbocycles. The summed E-state index contributed by atoms with van der Waals surface area (Å²) in [5, 5.41) is 9.80. The van der Waals surface area contributed by atoms with Crippen LogP contribution in [0.15, 0.2) is 47.4 Å². The zero-order valence-corrected chi connectivity index (χ0v) is 14.1. The van der Waals surface area contributed by atoms with Gasteiger partial charge in [-0.3, -0.25) is 4.79 Å². The Morgan fingerprint density at radius 3 is 2.43 bits per heavy atom. The third-order valence-corrected chi connectivity index (χ3v) is 4.72. The van der Waals surface area contributed by atoms with Crippen molar-refractivity contribution in [3.05, 3.63) is 59.2 Å². The van der Waals surface area contributed by atoms with Crippen molar-refractivity contribution < 1.29 is 18.3 Å². The first-order chi connectivity index (χ1) is 10.7. The molecule has 2 aromatic rings. The fourth-order valence-corrected chi connectivity index (χ4v) is 2.89. The molecule has 1 N–H and O–H groups in total. The van der Waals surface area contributed by atoms with Crippen molar-refractivity contribution in [3.63, 3.8) is 0 Å². The van der Waals surface area contributed by atoms with Crippen molar-refractivity contribution in [1.29, 1.82) is 0 Å². The van der Waals surface area contributed by atoms with Crippen LogP contribution in [-0.2, 0) is 16.4 Å². The summed E-state index contributed by atoms with van der Waals surface area (Å²) >= 11 is 0. The van der Waals surface area contributed by atoms with E-state index in [1.54, 1.807) is 44.3 Å². The predicted molar refractivity (Wildman–Crippen MR) is 88.2 cm³/mol. The van der Waals surface area contributed by atoms with Crippen LogP contribution in [0.5, 0.6) is 5.75 Å². The molecule has 5 nitrogen and oxygen atoms in total. The van der Waals surface area contributed by atoms with E-state index in [0.29, 0.717) is 16.7 Å². The van der Waals surface area contributed by atoms with E-state index in [-0.39, 0.29) is 23.1 Å². The fourth-order valence-electron chi connectivity index (χ4n) is 2.24. The fraction of sp³-hybridized carbons (Fsp3) is 0.235. The van der Waals surface area contributed by atoms with Gasteiger partial charge in [-0.2, -0.15) is 0 Å². The molecule has 0 radical (unpaired) electrons. The van der Waals surface area contributed by atoms with E-state index in [1.165, 1.54) is 17.0 Å². The van der Waals surface area contributed by atoms with Crippen LogP contribution in [0.25, 0.3) is 0 Å². The summed E-state index contributed by atoms with van der Waals surface area (Å²) in [4.78, 5) is 14.2. The van der Waals surface area contributed by atoms with E-state index in [9.17, 15) is 18.3 Å². The number of hydrogen-bond donors (Lipinski definition) is 1. The van der Waals surface area contributed by atoms with Crippen molar-refractivity contribution >= 4 is 15.7 Å². The summed E-state index contributed by atoms with van der Waals surface area (Å²) in [7, 11) is -1.77.